The molecule has 19 heavy (non-hydrogen) atoms. The predicted molar refractivity (Wildman–Crippen MR) is 76.6 cm³/mol. The Morgan fingerprint density at radius 3 is 2.68 bits per heavy atom. The second-order valence-electron chi connectivity index (χ2n) is 4.77. The molecule has 1 unspecified atom stereocenters. The number of nitrogens with one attached hydrogen (secondary N) is 1. The molecule has 0 aliphatic heterocycles. The van der Waals surface area contributed by atoms with Crippen LogP contribution in [-0.2, 0) is 9.53 Å². The Labute approximate surface area is 123 Å². The molecule has 0 bridgehead atoms. The van der Waals surface area contributed by atoms with E-state index in [0.29, 0.717) is 21.7 Å². The summed E-state index contributed by atoms with van der Waals surface area (Å²) in [6.45, 7) is 0. The Kier molecular flexibility index (Phi) is 5.08. The van der Waals surface area contributed by atoms with Gasteiger partial charge in [0.1, 0.15) is 6.04 Å². The van der Waals surface area contributed by atoms with Crippen molar-refractivity contribution in [3.8, 4) is 0 Å². The van der Waals surface area contributed by atoms with E-state index in [0.717, 1.165) is 12.8 Å². The number of esters is 1. The van der Waals surface area contributed by atoms with Crippen LogP contribution in [0.25, 0.3) is 0 Å². The first-order valence-corrected chi connectivity index (χ1v) is 7.16. The Balaban J connectivity index is 2.25. The van der Waals surface area contributed by atoms with Crippen LogP contribution in [0, 0.1) is 0 Å². The monoisotopic (exact) mass is 301 g/mol. The Hall–Kier alpha value is -0.770. The van der Waals surface area contributed by atoms with Crippen LogP contribution in [0.2, 0.25) is 10.0 Å². The largest absolute Gasteiger partial charge is 0.468 e. The van der Waals surface area contributed by atoms with Gasteiger partial charge in [0.25, 0.3) is 0 Å². The maximum atomic E-state index is 12.0. The topological polar surface area (TPSA) is 38.3 Å². The van der Waals surface area contributed by atoms with E-state index in [4.69, 9.17) is 27.9 Å². The molecule has 0 spiro atoms. The van der Waals surface area contributed by atoms with Gasteiger partial charge < -0.3 is 4.74 Å². The van der Waals surface area contributed by atoms with E-state index in [1.807, 2.05) is 0 Å². The van der Waals surface area contributed by atoms with Crippen molar-refractivity contribution >= 4 is 29.2 Å². The van der Waals surface area contributed by atoms with Gasteiger partial charge in [-0.05, 0) is 31.0 Å². The highest BCUT2D eigenvalue weighted by Gasteiger charge is 2.28. The van der Waals surface area contributed by atoms with Crippen LogP contribution in [0.5, 0.6) is 0 Å². The van der Waals surface area contributed by atoms with Gasteiger partial charge in [-0.1, -0.05) is 36.0 Å². The quantitative estimate of drug-likeness (QED) is 0.861. The fraction of sp³-hybridized carbons (Fsp3) is 0.500. The predicted octanol–water partition coefficient (Wildman–Crippen LogP) is 3.74. The standard InChI is InChI=1S/C14H17Cl2NO2/c1-19-14(18)13(17-10-4-2-3-5-10)11-8-9(15)6-7-12(11)16/h6-8,10,13,17H,2-5H2,1H3. The number of benzene rings is 1. The van der Waals surface area contributed by atoms with Crippen LogP contribution in [-0.4, -0.2) is 19.1 Å². The van der Waals surface area contributed by atoms with Crippen molar-refractivity contribution in [3.63, 3.8) is 0 Å². The lowest BCUT2D eigenvalue weighted by atomic mass is 10.1. The Morgan fingerprint density at radius 1 is 1.37 bits per heavy atom. The molecule has 1 fully saturated rings. The van der Waals surface area contributed by atoms with Crippen LogP contribution in [0.4, 0.5) is 0 Å². The molecule has 0 heterocycles. The highest BCUT2D eigenvalue weighted by Crippen LogP contribution is 2.29. The number of halogens is 2. The number of carbonyl (C=O) groups is 1. The summed E-state index contributed by atoms with van der Waals surface area (Å²) in [4.78, 5) is 12.0. The Morgan fingerprint density at radius 2 is 2.05 bits per heavy atom. The molecule has 1 aromatic carbocycles. The van der Waals surface area contributed by atoms with Crippen molar-refractivity contribution in [2.24, 2.45) is 0 Å². The maximum Gasteiger partial charge on any atom is 0.327 e. The first-order chi connectivity index (χ1) is 9.11. The van der Waals surface area contributed by atoms with Gasteiger partial charge in [0, 0.05) is 21.7 Å². The number of carbonyl (C=O) groups excluding carboxylic acids is 1. The van der Waals surface area contributed by atoms with Gasteiger partial charge in [-0.3, -0.25) is 5.32 Å². The summed E-state index contributed by atoms with van der Waals surface area (Å²) in [5, 5.41) is 4.41. The van der Waals surface area contributed by atoms with Crippen LogP contribution < -0.4 is 5.32 Å². The fourth-order valence-corrected chi connectivity index (χ4v) is 2.87. The summed E-state index contributed by atoms with van der Waals surface area (Å²) >= 11 is 12.2. The van der Waals surface area contributed by atoms with Crippen molar-refractivity contribution in [2.45, 2.75) is 37.8 Å². The maximum absolute atomic E-state index is 12.0. The lowest BCUT2D eigenvalue weighted by molar-refractivity contribution is -0.143. The number of rotatable bonds is 4. The lowest BCUT2D eigenvalue weighted by Crippen LogP contribution is -2.36. The molecule has 1 saturated carbocycles. The third-order valence-corrected chi connectivity index (χ3v) is 4.04. The van der Waals surface area contributed by atoms with Gasteiger partial charge in [0.15, 0.2) is 0 Å². The molecule has 1 aliphatic rings. The normalized spacial score (nSPS) is 17.4. The van der Waals surface area contributed by atoms with E-state index >= 15 is 0 Å². The highest BCUT2D eigenvalue weighted by atomic mass is 35.5. The Bertz CT molecular complexity index is 459. The minimum atomic E-state index is -0.556. The van der Waals surface area contributed by atoms with E-state index in [9.17, 15) is 4.79 Å². The second kappa shape index (κ2) is 6.60. The molecular weight excluding hydrogens is 285 g/mol. The summed E-state index contributed by atoms with van der Waals surface area (Å²) < 4.78 is 4.87. The lowest BCUT2D eigenvalue weighted by Gasteiger charge is -2.22. The molecule has 3 nitrogen and oxygen atoms in total. The molecule has 104 valence electrons. The van der Waals surface area contributed by atoms with Crippen molar-refractivity contribution < 1.29 is 9.53 Å². The average Bonchev–Trinajstić information content (AvgIpc) is 2.91. The average molecular weight is 302 g/mol. The van der Waals surface area contributed by atoms with E-state index in [1.165, 1.54) is 20.0 Å². The minimum absolute atomic E-state index is 0.333. The zero-order valence-corrected chi connectivity index (χ0v) is 12.3. The van der Waals surface area contributed by atoms with Gasteiger partial charge in [-0.15, -0.1) is 0 Å². The number of methoxy groups -OCH3 is 1. The number of hydrogen-bond donors (Lipinski definition) is 1. The summed E-state index contributed by atoms with van der Waals surface area (Å²) in [6.07, 6.45) is 4.53. The summed E-state index contributed by atoms with van der Waals surface area (Å²) in [5.41, 5.74) is 0.674. The third kappa shape index (κ3) is 3.62. The van der Waals surface area contributed by atoms with Crippen LogP contribution in [0.1, 0.15) is 37.3 Å². The molecule has 0 aromatic heterocycles. The molecule has 1 N–H and O–H groups in total. The number of hydrogen-bond acceptors (Lipinski definition) is 3. The SMILES string of the molecule is COC(=O)C(NC1CCCC1)c1cc(Cl)ccc1Cl. The summed E-state index contributed by atoms with van der Waals surface area (Å²) in [7, 11) is 1.38. The van der Waals surface area contributed by atoms with E-state index in [-0.39, 0.29) is 5.97 Å². The molecule has 0 radical (unpaired) electrons. The third-order valence-electron chi connectivity index (χ3n) is 3.46. The molecule has 5 heteroatoms. The van der Waals surface area contributed by atoms with Gasteiger partial charge in [-0.2, -0.15) is 0 Å². The zero-order valence-electron chi connectivity index (χ0n) is 10.8. The van der Waals surface area contributed by atoms with Crippen molar-refractivity contribution in [3.05, 3.63) is 33.8 Å². The first-order valence-electron chi connectivity index (χ1n) is 6.40. The van der Waals surface area contributed by atoms with E-state index in [1.54, 1.807) is 18.2 Å². The van der Waals surface area contributed by atoms with E-state index in [2.05, 4.69) is 5.32 Å². The molecular formula is C14H17Cl2NO2. The smallest absolute Gasteiger partial charge is 0.327 e. The highest BCUT2D eigenvalue weighted by molar-refractivity contribution is 6.33. The fourth-order valence-electron chi connectivity index (χ4n) is 2.47. The molecule has 1 atom stereocenters. The molecule has 1 aliphatic carbocycles. The minimum Gasteiger partial charge on any atom is -0.468 e. The first kappa shape index (κ1) is 14.6. The van der Waals surface area contributed by atoms with Crippen LogP contribution in [0.15, 0.2) is 18.2 Å². The van der Waals surface area contributed by atoms with E-state index < -0.39 is 6.04 Å². The van der Waals surface area contributed by atoms with Gasteiger partial charge in [0.05, 0.1) is 7.11 Å². The molecule has 2 rings (SSSR count). The van der Waals surface area contributed by atoms with Crippen molar-refractivity contribution in [2.75, 3.05) is 7.11 Å². The van der Waals surface area contributed by atoms with Gasteiger partial charge >= 0.3 is 5.97 Å². The number of ether oxygens (including phenoxy) is 1. The van der Waals surface area contributed by atoms with Gasteiger partial charge in [-0.25, -0.2) is 4.79 Å². The van der Waals surface area contributed by atoms with Crippen LogP contribution >= 0.6 is 23.2 Å². The van der Waals surface area contributed by atoms with Crippen LogP contribution in [0.3, 0.4) is 0 Å². The van der Waals surface area contributed by atoms with Crippen molar-refractivity contribution in [1.82, 2.24) is 5.32 Å². The summed E-state index contributed by atoms with van der Waals surface area (Å²) in [5.74, 6) is -0.337. The molecule has 0 saturated heterocycles. The molecule has 1 aromatic rings. The van der Waals surface area contributed by atoms with Crippen molar-refractivity contribution in [1.29, 1.82) is 0 Å². The molecule has 0 amide bonds. The second-order valence-corrected chi connectivity index (χ2v) is 5.61. The zero-order chi connectivity index (χ0) is 13.8. The summed E-state index contributed by atoms with van der Waals surface area (Å²) in [6, 6.07) is 4.90. The van der Waals surface area contributed by atoms with Gasteiger partial charge in [0.2, 0.25) is 0 Å².